The number of nitrogens with zero attached hydrogens (tertiary/aromatic N) is 3. The summed E-state index contributed by atoms with van der Waals surface area (Å²) in [5.74, 6) is 1.39. The molecule has 5 nitrogen and oxygen atoms in total. The fourth-order valence-electron chi connectivity index (χ4n) is 1.48. The second-order valence-electron chi connectivity index (χ2n) is 4.11. The van der Waals surface area contributed by atoms with Crippen molar-refractivity contribution in [3.05, 3.63) is 11.8 Å². The van der Waals surface area contributed by atoms with Gasteiger partial charge in [-0.15, -0.1) is 0 Å². The Morgan fingerprint density at radius 2 is 2.35 bits per heavy atom. The second kappa shape index (κ2) is 5.95. The van der Waals surface area contributed by atoms with Gasteiger partial charge in [0.25, 0.3) is 5.91 Å². The van der Waals surface area contributed by atoms with E-state index < -0.39 is 0 Å². The van der Waals surface area contributed by atoms with Gasteiger partial charge in [0.2, 0.25) is 0 Å². The largest absolute Gasteiger partial charge is 0.383 e. The van der Waals surface area contributed by atoms with Gasteiger partial charge in [-0.3, -0.25) is 9.48 Å². The molecule has 1 atom stereocenters. The summed E-state index contributed by atoms with van der Waals surface area (Å²) in [7, 11) is 3.53. The highest BCUT2D eigenvalue weighted by Crippen LogP contribution is 2.15. The molecule has 96 valence electrons. The molecule has 0 radical (unpaired) electrons. The van der Waals surface area contributed by atoms with Crippen molar-refractivity contribution >= 4 is 23.5 Å². The first-order chi connectivity index (χ1) is 7.99. The molecule has 0 saturated heterocycles. The van der Waals surface area contributed by atoms with E-state index in [9.17, 15) is 4.79 Å². The molecular formula is C11H20N4OS. The average molecular weight is 256 g/mol. The number of carbonyl (C=O) groups is 1. The minimum Gasteiger partial charge on any atom is -0.383 e. The van der Waals surface area contributed by atoms with Crippen LogP contribution < -0.4 is 5.73 Å². The molecule has 1 amide bonds. The number of aromatic nitrogens is 2. The van der Waals surface area contributed by atoms with E-state index in [4.69, 9.17) is 5.73 Å². The maximum absolute atomic E-state index is 12.2. The Bertz CT molecular complexity index is 391. The van der Waals surface area contributed by atoms with E-state index >= 15 is 0 Å². The van der Waals surface area contributed by atoms with Crippen molar-refractivity contribution in [2.24, 2.45) is 7.05 Å². The van der Waals surface area contributed by atoms with Crippen LogP contribution in [0.2, 0.25) is 0 Å². The maximum atomic E-state index is 12.2. The zero-order valence-electron chi connectivity index (χ0n) is 10.8. The maximum Gasteiger partial charge on any atom is 0.259 e. The number of thioether (sulfide) groups is 1. The lowest BCUT2D eigenvalue weighted by molar-refractivity contribution is 0.0742. The fourth-order valence-corrected chi connectivity index (χ4v) is 2.06. The SMILES string of the molecule is CSCCC(C)N(C)C(=O)c1cnn(C)c1N. The van der Waals surface area contributed by atoms with Crippen LogP contribution in [0.4, 0.5) is 5.82 Å². The van der Waals surface area contributed by atoms with Crippen LogP contribution in [0.25, 0.3) is 0 Å². The third kappa shape index (κ3) is 3.15. The molecule has 1 aromatic rings. The molecule has 0 aromatic carbocycles. The summed E-state index contributed by atoms with van der Waals surface area (Å²) >= 11 is 1.78. The molecule has 17 heavy (non-hydrogen) atoms. The Kier molecular flexibility index (Phi) is 4.86. The summed E-state index contributed by atoms with van der Waals surface area (Å²) in [6.07, 6.45) is 4.56. The summed E-state index contributed by atoms with van der Waals surface area (Å²) in [4.78, 5) is 13.9. The van der Waals surface area contributed by atoms with Crippen LogP contribution in [0.1, 0.15) is 23.7 Å². The number of nitrogen functional groups attached to an aromatic ring is 1. The van der Waals surface area contributed by atoms with Crippen LogP contribution in [-0.4, -0.2) is 45.7 Å². The number of hydrogen-bond donors (Lipinski definition) is 1. The van der Waals surface area contributed by atoms with Crippen molar-refractivity contribution in [2.45, 2.75) is 19.4 Å². The summed E-state index contributed by atoms with van der Waals surface area (Å²) in [5.41, 5.74) is 6.27. The molecule has 1 aromatic heterocycles. The smallest absolute Gasteiger partial charge is 0.259 e. The van der Waals surface area contributed by atoms with Gasteiger partial charge >= 0.3 is 0 Å². The van der Waals surface area contributed by atoms with Gasteiger partial charge in [-0.1, -0.05) is 0 Å². The Labute approximate surface area is 106 Å². The Morgan fingerprint density at radius 3 is 2.82 bits per heavy atom. The number of hydrogen-bond acceptors (Lipinski definition) is 4. The molecule has 0 aliphatic heterocycles. The standard InChI is InChI=1S/C11H20N4OS/c1-8(5-6-17-4)14(2)11(16)9-7-13-15(3)10(9)12/h7-8H,5-6,12H2,1-4H3. The number of rotatable bonds is 5. The monoisotopic (exact) mass is 256 g/mol. The van der Waals surface area contributed by atoms with Crippen LogP contribution in [0.15, 0.2) is 6.20 Å². The van der Waals surface area contributed by atoms with Crippen LogP contribution in [0, 0.1) is 0 Å². The molecule has 1 unspecified atom stereocenters. The first-order valence-electron chi connectivity index (χ1n) is 5.52. The second-order valence-corrected chi connectivity index (χ2v) is 5.10. The molecule has 0 aliphatic rings. The van der Waals surface area contributed by atoms with E-state index in [0.717, 1.165) is 12.2 Å². The third-order valence-corrected chi connectivity index (χ3v) is 3.58. The van der Waals surface area contributed by atoms with Gasteiger partial charge in [-0.05, 0) is 25.4 Å². The predicted octanol–water partition coefficient (Wildman–Crippen LogP) is 1.22. The summed E-state index contributed by atoms with van der Waals surface area (Å²) in [6.45, 7) is 2.04. The molecule has 0 aliphatic carbocycles. The first kappa shape index (κ1) is 13.9. The number of nitrogens with two attached hydrogens (primary N) is 1. The lowest BCUT2D eigenvalue weighted by atomic mass is 10.2. The van der Waals surface area contributed by atoms with Crippen molar-refractivity contribution in [2.75, 3.05) is 24.8 Å². The molecule has 0 bridgehead atoms. The average Bonchev–Trinajstić information content (AvgIpc) is 2.65. The molecule has 0 saturated carbocycles. The quantitative estimate of drug-likeness (QED) is 0.860. The highest BCUT2D eigenvalue weighted by Gasteiger charge is 2.21. The number of anilines is 1. The summed E-state index contributed by atoms with van der Waals surface area (Å²) in [6, 6.07) is 0.203. The zero-order chi connectivity index (χ0) is 13.0. The topological polar surface area (TPSA) is 64.2 Å². The van der Waals surface area contributed by atoms with E-state index in [1.807, 2.05) is 6.92 Å². The third-order valence-electron chi connectivity index (χ3n) is 2.94. The highest BCUT2D eigenvalue weighted by atomic mass is 32.2. The molecule has 0 fully saturated rings. The van der Waals surface area contributed by atoms with Crippen molar-refractivity contribution in [1.29, 1.82) is 0 Å². The van der Waals surface area contributed by atoms with Crippen molar-refractivity contribution in [3.8, 4) is 0 Å². The van der Waals surface area contributed by atoms with E-state index in [2.05, 4.69) is 11.4 Å². The molecular weight excluding hydrogens is 236 g/mol. The summed E-state index contributed by atoms with van der Waals surface area (Å²) < 4.78 is 1.51. The van der Waals surface area contributed by atoms with Crippen LogP contribution >= 0.6 is 11.8 Å². The van der Waals surface area contributed by atoms with Gasteiger partial charge < -0.3 is 10.6 Å². The van der Waals surface area contributed by atoms with Gasteiger partial charge in [-0.25, -0.2) is 0 Å². The number of aryl methyl sites for hydroxylation is 1. The van der Waals surface area contributed by atoms with Crippen LogP contribution in [0.5, 0.6) is 0 Å². The first-order valence-corrected chi connectivity index (χ1v) is 6.92. The van der Waals surface area contributed by atoms with E-state index in [0.29, 0.717) is 11.4 Å². The zero-order valence-corrected chi connectivity index (χ0v) is 11.6. The predicted molar refractivity (Wildman–Crippen MR) is 72.2 cm³/mol. The molecule has 0 spiro atoms. The Hall–Kier alpha value is -1.17. The molecule has 6 heteroatoms. The Morgan fingerprint density at radius 1 is 1.71 bits per heavy atom. The number of carbonyl (C=O) groups excluding carboxylic acids is 1. The van der Waals surface area contributed by atoms with Gasteiger partial charge in [-0.2, -0.15) is 16.9 Å². The van der Waals surface area contributed by atoms with Crippen LogP contribution in [0.3, 0.4) is 0 Å². The van der Waals surface area contributed by atoms with Crippen molar-refractivity contribution in [3.63, 3.8) is 0 Å². The van der Waals surface area contributed by atoms with Gasteiger partial charge in [0.1, 0.15) is 11.4 Å². The normalized spacial score (nSPS) is 12.5. The minimum absolute atomic E-state index is 0.0656. The lowest BCUT2D eigenvalue weighted by Gasteiger charge is -2.24. The van der Waals surface area contributed by atoms with E-state index in [-0.39, 0.29) is 11.9 Å². The van der Waals surface area contributed by atoms with E-state index in [1.54, 1.807) is 30.8 Å². The highest BCUT2D eigenvalue weighted by molar-refractivity contribution is 7.98. The van der Waals surface area contributed by atoms with Gasteiger partial charge in [0, 0.05) is 20.1 Å². The lowest BCUT2D eigenvalue weighted by Crippen LogP contribution is -2.35. The van der Waals surface area contributed by atoms with Crippen LogP contribution in [-0.2, 0) is 7.05 Å². The molecule has 1 rings (SSSR count). The van der Waals surface area contributed by atoms with Gasteiger partial charge in [0.05, 0.1) is 6.20 Å². The fraction of sp³-hybridized carbons (Fsp3) is 0.636. The Balaban J connectivity index is 2.72. The number of amides is 1. The van der Waals surface area contributed by atoms with Crippen molar-refractivity contribution in [1.82, 2.24) is 14.7 Å². The molecule has 1 heterocycles. The molecule has 2 N–H and O–H groups in total. The van der Waals surface area contributed by atoms with Gasteiger partial charge in [0.15, 0.2) is 0 Å². The summed E-state index contributed by atoms with van der Waals surface area (Å²) in [5, 5.41) is 3.98. The van der Waals surface area contributed by atoms with Crippen molar-refractivity contribution < 1.29 is 4.79 Å². The van der Waals surface area contributed by atoms with E-state index in [1.165, 1.54) is 10.9 Å². The minimum atomic E-state index is -0.0656.